The number of carbonyl (C=O) groups excluding carboxylic acids is 1. The predicted octanol–water partition coefficient (Wildman–Crippen LogP) is 5.58. The molecule has 2 N–H and O–H groups in total. The Balaban J connectivity index is 1.57. The van der Waals surface area contributed by atoms with Crippen molar-refractivity contribution in [2.45, 2.75) is 33.8 Å². The highest BCUT2D eigenvalue weighted by Crippen LogP contribution is 2.32. The van der Waals surface area contributed by atoms with Crippen LogP contribution in [-0.2, 0) is 4.74 Å². The minimum atomic E-state index is -0.699. The van der Waals surface area contributed by atoms with E-state index in [4.69, 9.17) is 9.47 Å². The first kappa shape index (κ1) is 24.4. The van der Waals surface area contributed by atoms with Gasteiger partial charge < -0.3 is 24.5 Å². The number of carbonyl (C=O) groups is 1. The second-order valence-electron chi connectivity index (χ2n) is 8.74. The number of anilines is 1. The summed E-state index contributed by atoms with van der Waals surface area (Å²) in [7, 11) is 0. The normalized spacial score (nSPS) is 11.9. The molecular formula is C29H32N2O4. The van der Waals surface area contributed by atoms with Crippen molar-refractivity contribution in [2.24, 2.45) is 0 Å². The van der Waals surface area contributed by atoms with Gasteiger partial charge in [0, 0.05) is 29.0 Å². The molecule has 1 heterocycles. The molecule has 4 aromatic rings. The maximum Gasteiger partial charge on any atom is 0.340 e. The van der Waals surface area contributed by atoms with Crippen molar-refractivity contribution in [2.75, 3.05) is 25.1 Å². The second-order valence-corrected chi connectivity index (χ2v) is 8.74. The van der Waals surface area contributed by atoms with Crippen molar-refractivity contribution >= 4 is 22.6 Å². The van der Waals surface area contributed by atoms with Gasteiger partial charge in [-0.15, -0.1) is 0 Å². The maximum absolute atomic E-state index is 12.9. The van der Waals surface area contributed by atoms with Crippen LogP contribution in [0.25, 0.3) is 16.6 Å². The summed E-state index contributed by atoms with van der Waals surface area (Å²) in [6.07, 6.45) is -0.699. The summed E-state index contributed by atoms with van der Waals surface area (Å²) < 4.78 is 13.3. The van der Waals surface area contributed by atoms with Crippen LogP contribution < -0.4 is 10.1 Å². The number of esters is 1. The monoisotopic (exact) mass is 472 g/mol. The molecule has 182 valence electrons. The van der Waals surface area contributed by atoms with Crippen LogP contribution in [-0.4, -0.2) is 41.5 Å². The average Bonchev–Trinajstić information content (AvgIpc) is 3.14. The standard InChI is InChI=1S/C29H32N2O4/c1-5-34-29(33)28-21(4)31(23-12-8-20(3)9-13-23)27-15-14-25(16-26(27)28)35-18-24(32)17-30-22-10-6-19(2)7-11-22/h6-16,24,30,32H,5,17-18H2,1-4H3/t24-/m1/s1. The first-order chi connectivity index (χ1) is 16.9. The highest BCUT2D eigenvalue weighted by atomic mass is 16.5. The fraction of sp³-hybridized carbons (Fsp3) is 0.276. The summed E-state index contributed by atoms with van der Waals surface area (Å²) in [5.74, 6) is 0.221. The van der Waals surface area contributed by atoms with Gasteiger partial charge in [0.2, 0.25) is 0 Å². The summed E-state index contributed by atoms with van der Waals surface area (Å²) in [5.41, 5.74) is 6.49. The van der Waals surface area contributed by atoms with E-state index in [1.807, 2.05) is 87.5 Å². The Bertz CT molecular complexity index is 1310. The van der Waals surface area contributed by atoms with E-state index in [1.165, 1.54) is 11.1 Å². The third-order valence-electron chi connectivity index (χ3n) is 5.98. The molecule has 0 fully saturated rings. The SMILES string of the molecule is CCOC(=O)c1c(C)n(-c2ccc(C)cc2)c2ccc(OC[C@H](O)CNc3ccc(C)cc3)cc12. The zero-order chi connectivity index (χ0) is 24.9. The van der Waals surface area contributed by atoms with Crippen molar-refractivity contribution in [3.63, 3.8) is 0 Å². The molecule has 0 spiro atoms. The van der Waals surface area contributed by atoms with Gasteiger partial charge in [-0.3, -0.25) is 0 Å². The molecule has 0 saturated heterocycles. The van der Waals surface area contributed by atoms with E-state index in [9.17, 15) is 9.90 Å². The minimum absolute atomic E-state index is 0.122. The molecule has 0 unspecified atom stereocenters. The molecule has 0 aliphatic rings. The number of nitrogens with one attached hydrogen (secondary N) is 1. The van der Waals surface area contributed by atoms with Gasteiger partial charge in [0.05, 0.1) is 17.7 Å². The van der Waals surface area contributed by atoms with Gasteiger partial charge in [-0.2, -0.15) is 0 Å². The van der Waals surface area contributed by atoms with Crippen LogP contribution in [0, 0.1) is 20.8 Å². The van der Waals surface area contributed by atoms with Crippen molar-refractivity contribution < 1.29 is 19.4 Å². The number of aryl methyl sites for hydroxylation is 2. The third-order valence-corrected chi connectivity index (χ3v) is 5.98. The number of aliphatic hydroxyl groups is 1. The number of aliphatic hydroxyl groups excluding tert-OH is 1. The molecule has 4 rings (SSSR count). The minimum Gasteiger partial charge on any atom is -0.491 e. The number of hydrogen-bond donors (Lipinski definition) is 2. The Morgan fingerprint density at radius 1 is 0.971 bits per heavy atom. The number of aromatic nitrogens is 1. The van der Waals surface area contributed by atoms with Crippen molar-refractivity contribution in [1.82, 2.24) is 4.57 Å². The van der Waals surface area contributed by atoms with Gasteiger partial charge in [0.15, 0.2) is 0 Å². The molecule has 1 aromatic heterocycles. The van der Waals surface area contributed by atoms with Crippen molar-refractivity contribution in [1.29, 1.82) is 0 Å². The zero-order valence-corrected chi connectivity index (χ0v) is 20.7. The first-order valence-corrected chi connectivity index (χ1v) is 11.9. The van der Waals surface area contributed by atoms with Crippen LogP contribution >= 0.6 is 0 Å². The van der Waals surface area contributed by atoms with Crippen LogP contribution in [0.4, 0.5) is 5.69 Å². The Labute approximate surface area is 206 Å². The van der Waals surface area contributed by atoms with Crippen LogP contribution in [0.2, 0.25) is 0 Å². The molecular weight excluding hydrogens is 440 g/mol. The van der Waals surface area contributed by atoms with E-state index in [1.54, 1.807) is 6.92 Å². The van der Waals surface area contributed by atoms with E-state index in [0.717, 1.165) is 28.0 Å². The number of hydrogen-bond acceptors (Lipinski definition) is 5. The van der Waals surface area contributed by atoms with E-state index in [2.05, 4.69) is 9.88 Å². The van der Waals surface area contributed by atoms with Gasteiger partial charge in [-0.1, -0.05) is 35.4 Å². The third kappa shape index (κ3) is 5.49. The number of nitrogens with zero attached hydrogens (tertiary/aromatic N) is 1. The molecule has 0 aliphatic heterocycles. The summed E-state index contributed by atoms with van der Waals surface area (Å²) in [6, 6.07) is 21.8. The number of fused-ring (bicyclic) bond motifs is 1. The molecule has 0 saturated carbocycles. The molecule has 0 bridgehead atoms. The topological polar surface area (TPSA) is 72.7 Å². The number of ether oxygens (including phenoxy) is 2. The van der Waals surface area contributed by atoms with Gasteiger partial charge in [0.25, 0.3) is 0 Å². The lowest BCUT2D eigenvalue weighted by Crippen LogP contribution is -2.26. The highest BCUT2D eigenvalue weighted by Gasteiger charge is 2.22. The lowest BCUT2D eigenvalue weighted by atomic mass is 10.1. The average molecular weight is 473 g/mol. The van der Waals surface area contributed by atoms with Crippen molar-refractivity contribution in [3.8, 4) is 11.4 Å². The Kier molecular flexibility index (Phi) is 7.42. The number of benzene rings is 3. The predicted molar refractivity (Wildman–Crippen MR) is 140 cm³/mol. The Morgan fingerprint density at radius 3 is 2.29 bits per heavy atom. The fourth-order valence-electron chi connectivity index (χ4n) is 4.13. The summed E-state index contributed by atoms with van der Waals surface area (Å²) in [6.45, 7) is 8.58. The van der Waals surface area contributed by atoms with E-state index in [0.29, 0.717) is 24.5 Å². The second kappa shape index (κ2) is 10.7. The highest BCUT2D eigenvalue weighted by molar-refractivity contribution is 6.07. The van der Waals surface area contributed by atoms with Crippen LogP contribution in [0.5, 0.6) is 5.75 Å². The summed E-state index contributed by atoms with van der Waals surface area (Å²) >= 11 is 0. The quantitative estimate of drug-likeness (QED) is 0.311. The van der Waals surface area contributed by atoms with Gasteiger partial charge in [-0.05, 0) is 70.2 Å². The van der Waals surface area contributed by atoms with Crippen molar-refractivity contribution in [3.05, 3.63) is 89.1 Å². The van der Waals surface area contributed by atoms with Gasteiger partial charge >= 0.3 is 5.97 Å². The van der Waals surface area contributed by atoms with Gasteiger partial charge in [0.1, 0.15) is 18.5 Å². The molecule has 0 aliphatic carbocycles. The molecule has 35 heavy (non-hydrogen) atoms. The molecule has 0 amide bonds. The maximum atomic E-state index is 12.9. The van der Waals surface area contributed by atoms with Crippen LogP contribution in [0.3, 0.4) is 0 Å². The van der Waals surface area contributed by atoms with E-state index >= 15 is 0 Å². The zero-order valence-electron chi connectivity index (χ0n) is 20.7. The molecule has 6 nitrogen and oxygen atoms in total. The molecule has 0 radical (unpaired) electrons. The van der Waals surface area contributed by atoms with Gasteiger partial charge in [-0.25, -0.2) is 4.79 Å². The lowest BCUT2D eigenvalue weighted by molar-refractivity contribution is 0.0527. The Hall–Kier alpha value is -3.77. The smallest absolute Gasteiger partial charge is 0.340 e. The molecule has 3 aromatic carbocycles. The summed E-state index contributed by atoms with van der Waals surface area (Å²) in [5, 5.41) is 14.4. The molecule has 1 atom stereocenters. The number of rotatable bonds is 9. The molecule has 6 heteroatoms. The fourth-order valence-corrected chi connectivity index (χ4v) is 4.13. The van der Waals surface area contributed by atoms with E-state index < -0.39 is 6.10 Å². The summed E-state index contributed by atoms with van der Waals surface area (Å²) in [4.78, 5) is 12.9. The van der Waals surface area contributed by atoms with Crippen LogP contribution in [0.1, 0.15) is 34.1 Å². The van der Waals surface area contributed by atoms with Crippen LogP contribution in [0.15, 0.2) is 66.7 Å². The largest absolute Gasteiger partial charge is 0.491 e. The van der Waals surface area contributed by atoms with E-state index in [-0.39, 0.29) is 12.6 Å². The first-order valence-electron chi connectivity index (χ1n) is 11.9. The lowest BCUT2D eigenvalue weighted by Gasteiger charge is -2.14. The Morgan fingerprint density at radius 2 is 1.63 bits per heavy atom.